The van der Waals surface area contributed by atoms with Crippen LogP contribution in [0.1, 0.15) is 5.82 Å². The van der Waals surface area contributed by atoms with Gasteiger partial charge in [-0.3, -0.25) is 20.4 Å². The number of hydrazine groups is 1. The zero-order valence-corrected chi connectivity index (χ0v) is 15.5. The van der Waals surface area contributed by atoms with E-state index in [4.69, 9.17) is 9.47 Å². The number of amides is 2. The molecule has 9 nitrogen and oxygen atoms in total. The largest absolute Gasteiger partial charge is 0.485 e. The van der Waals surface area contributed by atoms with Crippen molar-refractivity contribution in [1.29, 1.82) is 0 Å². The summed E-state index contributed by atoms with van der Waals surface area (Å²) >= 11 is 1.22. The lowest BCUT2D eigenvalue weighted by atomic mass is 10.2. The van der Waals surface area contributed by atoms with Crippen LogP contribution < -0.4 is 20.3 Å². The van der Waals surface area contributed by atoms with Crippen LogP contribution in [0.25, 0.3) is 0 Å². The number of nitrogens with zero attached hydrogens (tertiary/aromatic N) is 3. The first-order valence-corrected chi connectivity index (χ1v) is 9.17. The second-order valence-corrected chi connectivity index (χ2v) is 6.56. The van der Waals surface area contributed by atoms with Crippen molar-refractivity contribution in [2.75, 3.05) is 12.4 Å². The van der Waals surface area contributed by atoms with Gasteiger partial charge >= 0.3 is 0 Å². The van der Waals surface area contributed by atoms with Gasteiger partial charge in [0.25, 0.3) is 5.91 Å². The Hall–Kier alpha value is -3.01. The Kier molecular flexibility index (Phi) is 5.97. The van der Waals surface area contributed by atoms with E-state index in [-0.39, 0.29) is 18.3 Å². The number of hydrogen-bond donors (Lipinski definition) is 2. The molecule has 2 N–H and O–H groups in total. The second kappa shape index (κ2) is 8.58. The van der Waals surface area contributed by atoms with E-state index in [9.17, 15) is 9.59 Å². The van der Waals surface area contributed by atoms with Crippen LogP contribution in [0, 0.1) is 6.92 Å². The van der Waals surface area contributed by atoms with Crippen LogP contribution in [-0.2, 0) is 16.1 Å². The summed E-state index contributed by atoms with van der Waals surface area (Å²) in [5.41, 5.74) is 4.71. The van der Waals surface area contributed by atoms with Crippen molar-refractivity contribution in [3.05, 3.63) is 42.7 Å². The van der Waals surface area contributed by atoms with Crippen molar-refractivity contribution in [3.8, 4) is 11.5 Å². The Morgan fingerprint density at radius 3 is 2.89 bits per heavy atom. The Morgan fingerprint density at radius 2 is 2.11 bits per heavy atom. The molecule has 0 bridgehead atoms. The molecule has 2 amide bonds. The predicted octanol–water partition coefficient (Wildman–Crippen LogP) is 0.852. The molecule has 2 heterocycles. The fourth-order valence-electron chi connectivity index (χ4n) is 2.33. The van der Waals surface area contributed by atoms with Gasteiger partial charge in [0.2, 0.25) is 12.0 Å². The lowest BCUT2D eigenvalue weighted by Gasteiger charge is -2.25. The maximum absolute atomic E-state index is 12.2. The molecule has 142 valence electrons. The number of aryl methyl sites for hydroxylation is 1. The van der Waals surface area contributed by atoms with E-state index in [0.717, 1.165) is 5.82 Å². The summed E-state index contributed by atoms with van der Waals surface area (Å²) < 4.78 is 12.9. The summed E-state index contributed by atoms with van der Waals surface area (Å²) in [7, 11) is 0. The van der Waals surface area contributed by atoms with Crippen molar-refractivity contribution in [3.63, 3.8) is 0 Å². The average Bonchev–Trinajstić information content (AvgIpc) is 3.04. The highest BCUT2D eigenvalue weighted by Crippen LogP contribution is 2.30. The molecule has 1 atom stereocenters. The number of benzene rings is 1. The molecular weight excluding hydrogens is 370 g/mol. The van der Waals surface area contributed by atoms with Crippen molar-refractivity contribution in [2.45, 2.75) is 24.7 Å². The van der Waals surface area contributed by atoms with Crippen LogP contribution in [0.5, 0.6) is 11.5 Å². The van der Waals surface area contributed by atoms with E-state index in [0.29, 0.717) is 23.2 Å². The molecule has 0 aliphatic carbocycles. The number of fused-ring (bicyclic) bond motifs is 1. The van der Waals surface area contributed by atoms with E-state index in [1.165, 1.54) is 11.8 Å². The number of hydrogen-bond acceptors (Lipinski definition) is 7. The Balaban J connectivity index is 1.45. The number of aromatic nitrogens is 3. The fraction of sp³-hybridized carbons (Fsp3) is 0.294. The van der Waals surface area contributed by atoms with Crippen molar-refractivity contribution < 1.29 is 19.1 Å². The van der Waals surface area contributed by atoms with Gasteiger partial charge in [-0.15, -0.1) is 16.8 Å². The summed E-state index contributed by atoms with van der Waals surface area (Å²) in [5, 5.41) is 8.61. The van der Waals surface area contributed by atoms with Gasteiger partial charge < -0.3 is 14.0 Å². The van der Waals surface area contributed by atoms with Crippen molar-refractivity contribution >= 4 is 23.6 Å². The molecule has 0 fully saturated rings. The van der Waals surface area contributed by atoms with Crippen LogP contribution in [0.2, 0.25) is 0 Å². The van der Waals surface area contributed by atoms with Crippen LogP contribution in [-0.4, -0.2) is 45.0 Å². The van der Waals surface area contributed by atoms with Gasteiger partial charge in [0.05, 0.1) is 5.75 Å². The number of nitrogens with one attached hydrogen (secondary N) is 2. The lowest BCUT2D eigenvalue weighted by molar-refractivity contribution is -0.134. The van der Waals surface area contributed by atoms with Gasteiger partial charge in [0.1, 0.15) is 12.4 Å². The quantitative estimate of drug-likeness (QED) is 0.428. The molecule has 10 heteroatoms. The molecular formula is C17H19N5O4S. The minimum absolute atomic E-state index is 0.0669. The molecule has 1 aliphatic heterocycles. The van der Waals surface area contributed by atoms with Crippen LogP contribution >= 0.6 is 11.8 Å². The summed E-state index contributed by atoms with van der Waals surface area (Å²) in [5.74, 6) is 1.01. The van der Waals surface area contributed by atoms with Gasteiger partial charge in [-0.1, -0.05) is 30.0 Å². The van der Waals surface area contributed by atoms with Crippen molar-refractivity contribution in [2.24, 2.45) is 0 Å². The molecule has 1 aliphatic rings. The molecule has 1 aromatic heterocycles. The fourth-order valence-corrected chi connectivity index (χ4v) is 3.13. The average molecular weight is 389 g/mol. The van der Waals surface area contributed by atoms with Gasteiger partial charge in [-0.25, -0.2) is 0 Å². The summed E-state index contributed by atoms with van der Waals surface area (Å²) in [6.45, 7) is 6.13. The number of carbonyl (C=O) groups excluding carboxylic acids is 2. The number of rotatable bonds is 6. The monoisotopic (exact) mass is 389 g/mol. The Bertz CT molecular complexity index is 854. The molecule has 3 rings (SSSR count). The first-order chi connectivity index (χ1) is 13.1. The highest BCUT2D eigenvalue weighted by Gasteiger charge is 2.27. The molecule has 1 aromatic carbocycles. The molecule has 0 radical (unpaired) electrons. The van der Waals surface area contributed by atoms with Crippen LogP contribution in [0.15, 0.2) is 42.1 Å². The molecule has 0 spiro atoms. The summed E-state index contributed by atoms with van der Waals surface area (Å²) in [6, 6.07) is 7.08. The van der Waals surface area contributed by atoms with Gasteiger partial charge in [0.15, 0.2) is 16.7 Å². The van der Waals surface area contributed by atoms with E-state index in [2.05, 4.69) is 27.6 Å². The first kappa shape index (κ1) is 18.8. The van der Waals surface area contributed by atoms with E-state index >= 15 is 0 Å². The maximum atomic E-state index is 12.2. The SMILES string of the molecule is C=CCn1c(C)nnc1SCC(=O)NNC(=O)[C@H]1COc2ccccc2O1. The van der Waals surface area contributed by atoms with E-state index in [1.54, 1.807) is 24.3 Å². The minimum atomic E-state index is -0.841. The zero-order valence-electron chi connectivity index (χ0n) is 14.7. The molecule has 0 saturated heterocycles. The number of allylic oxidation sites excluding steroid dienone is 1. The lowest BCUT2D eigenvalue weighted by Crippen LogP contribution is -2.51. The van der Waals surface area contributed by atoms with E-state index < -0.39 is 12.0 Å². The van der Waals surface area contributed by atoms with Crippen LogP contribution in [0.4, 0.5) is 0 Å². The zero-order chi connectivity index (χ0) is 19.2. The summed E-state index contributed by atoms with van der Waals surface area (Å²) in [4.78, 5) is 24.1. The smallest absolute Gasteiger partial charge is 0.283 e. The Labute approximate surface area is 160 Å². The standard InChI is InChI=1S/C17H19N5O4S/c1-3-8-22-11(2)18-21-17(22)27-10-15(23)19-20-16(24)14-9-25-12-6-4-5-7-13(12)26-14/h3-7,14H,1,8-10H2,2H3,(H,19,23)(H,20,24)/t14-/m1/s1. The third-order valence-electron chi connectivity index (χ3n) is 3.67. The molecule has 0 unspecified atom stereocenters. The van der Waals surface area contributed by atoms with Gasteiger partial charge in [-0.2, -0.15) is 0 Å². The molecule has 27 heavy (non-hydrogen) atoms. The number of thioether (sulfide) groups is 1. The normalized spacial score (nSPS) is 15.1. The second-order valence-electron chi connectivity index (χ2n) is 5.62. The number of para-hydroxylation sites is 2. The highest BCUT2D eigenvalue weighted by molar-refractivity contribution is 7.99. The molecule has 2 aromatic rings. The first-order valence-electron chi connectivity index (χ1n) is 8.19. The minimum Gasteiger partial charge on any atom is -0.485 e. The van der Waals surface area contributed by atoms with E-state index in [1.807, 2.05) is 17.6 Å². The molecule has 0 saturated carbocycles. The topological polar surface area (TPSA) is 107 Å². The number of carbonyl (C=O) groups is 2. The third kappa shape index (κ3) is 4.59. The van der Waals surface area contributed by atoms with Crippen molar-refractivity contribution in [1.82, 2.24) is 25.6 Å². The summed E-state index contributed by atoms with van der Waals surface area (Å²) in [6.07, 6.45) is 0.886. The Morgan fingerprint density at radius 1 is 1.33 bits per heavy atom. The highest BCUT2D eigenvalue weighted by atomic mass is 32.2. The maximum Gasteiger partial charge on any atom is 0.283 e. The van der Waals surface area contributed by atoms with Gasteiger partial charge in [0, 0.05) is 6.54 Å². The number of ether oxygens (including phenoxy) is 2. The predicted molar refractivity (Wildman–Crippen MR) is 98.3 cm³/mol. The van der Waals surface area contributed by atoms with Gasteiger partial charge in [-0.05, 0) is 19.1 Å². The third-order valence-corrected chi connectivity index (χ3v) is 4.64. The van der Waals surface area contributed by atoms with Crippen LogP contribution in [0.3, 0.4) is 0 Å².